The van der Waals surface area contributed by atoms with Crippen molar-refractivity contribution in [2.45, 2.75) is 49.7 Å². The minimum atomic E-state index is -0.676. The van der Waals surface area contributed by atoms with E-state index < -0.39 is 6.03 Å². The van der Waals surface area contributed by atoms with Crippen molar-refractivity contribution in [1.29, 1.82) is 0 Å². The number of benzene rings is 3. The second-order valence-electron chi connectivity index (χ2n) is 10.4. The van der Waals surface area contributed by atoms with E-state index in [1.807, 2.05) is 31.2 Å². The Kier molecular flexibility index (Phi) is 13.2. The van der Waals surface area contributed by atoms with E-state index in [1.165, 1.54) is 7.11 Å². The molecular formula is C33H40Cl2N2O8S. The number of hydroxylamine groups is 2. The van der Waals surface area contributed by atoms with E-state index in [2.05, 4.69) is 5.32 Å². The van der Waals surface area contributed by atoms with Crippen molar-refractivity contribution in [3.05, 3.63) is 63.6 Å². The minimum absolute atomic E-state index is 0.192. The van der Waals surface area contributed by atoms with Crippen LogP contribution in [0.25, 0.3) is 0 Å². The molecule has 0 saturated carbocycles. The van der Waals surface area contributed by atoms with Crippen molar-refractivity contribution in [2.75, 3.05) is 52.7 Å². The number of urea groups is 1. The van der Waals surface area contributed by atoms with Crippen LogP contribution in [-0.4, -0.2) is 63.6 Å². The second-order valence-corrected chi connectivity index (χ2v) is 12.4. The maximum atomic E-state index is 13.0. The SMILES string of the molecule is CCCCN(O)C(=O)Nc1cc([C@H]2CC[C@H](c3cc(OC)c(OC)c(OC)c3)O2)cc(OC)c1OCCSc1ccc(Cl)c(Cl)c1. The molecule has 2 atom stereocenters. The third-order valence-electron chi connectivity index (χ3n) is 7.44. The topological polar surface area (TPSA) is 108 Å². The highest BCUT2D eigenvalue weighted by molar-refractivity contribution is 7.99. The van der Waals surface area contributed by atoms with Crippen LogP contribution in [0.2, 0.25) is 10.0 Å². The molecule has 46 heavy (non-hydrogen) atoms. The van der Waals surface area contributed by atoms with Gasteiger partial charge in [0.25, 0.3) is 0 Å². The number of carbonyl (C=O) groups is 1. The van der Waals surface area contributed by atoms with Crippen molar-refractivity contribution in [2.24, 2.45) is 0 Å². The molecule has 1 aliphatic heterocycles. The fraction of sp³-hybridized carbons (Fsp3) is 0.424. The Labute approximate surface area is 284 Å². The first kappa shape index (κ1) is 35.6. The van der Waals surface area contributed by atoms with Crippen LogP contribution in [0.1, 0.15) is 55.9 Å². The van der Waals surface area contributed by atoms with Gasteiger partial charge in [-0.3, -0.25) is 5.21 Å². The minimum Gasteiger partial charge on any atom is -0.493 e. The van der Waals surface area contributed by atoms with Crippen LogP contribution in [-0.2, 0) is 4.74 Å². The number of rotatable bonds is 15. The standard InChI is InChI=1S/C33H40Cl2N2O8S/c1-6-7-12-37(39)33(38)36-25-15-20(16-28(40-2)31(25)44-13-14-46-22-8-9-23(34)24(35)19-22)26-10-11-27(45-26)21-17-29(41-3)32(43-5)30(18-21)42-4/h8-9,15-19,26-27,39H,6-7,10-14H2,1-5H3,(H,36,38)/t26-,27-/m1/s1. The molecular weight excluding hydrogens is 655 g/mol. The number of hydrogen-bond donors (Lipinski definition) is 2. The second kappa shape index (κ2) is 17.1. The number of ether oxygens (including phenoxy) is 6. The van der Waals surface area contributed by atoms with Crippen molar-refractivity contribution in [3.63, 3.8) is 0 Å². The molecule has 13 heteroatoms. The van der Waals surface area contributed by atoms with E-state index in [0.29, 0.717) is 74.7 Å². The Hall–Kier alpha value is -3.22. The van der Waals surface area contributed by atoms with Gasteiger partial charge < -0.3 is 33.7 Å². The Morgan fingerprint density at radius 1 is 0.913 bits per heavy atom. The average Bonchev–Trinajstić information content (AvgIpc) is 3.57. The quantitative estimate of drug-likeness (QED) is 0.0698. The maximum absolute atomic E-state index is 13.0. The lowest BCUT2D eigenvalue weighted by Gasteiger charge is -2.22. The van der Waals surface area contributed by atoms with E-state index in [-0.39, 0.29) is 18.8 Å². The summed E-state index contributed by atoms with van der Waals surface area (Å²) in [5.41, 5.74) is 2.04. The summed E-state index contributed by atoms with van der Waals surface area (Å²) in [6.07, 6.45) is 2.38. The Balaban J connectivity index is 1.57. The molecule has 2 amide bonds. The summed E-state index contributed by atoms with van der Waals surface area (Å²) in [6.45, 7) is 2.47. The summed E-state index contributed by atoms with van der Waals surface area (Å²) in [7, 11) is 6.25. The summed E-state index contributed by atoms with van der Waals surface area (Å²) in [5.74, 6) is 2.96. The third-order valence-corrected chi connectivity index (χ3v) is 9.13. The highest BCUT2D eigenvalue weighted by Crippen LogP contribution is 2.48. The average molecular weight is 696 g/mol. The molecule has 1 fully saturated rings. The van der Waals surface area contributed by atoms with Gasteiger partial charge in [0.2, 0.25) is 5.75 Å². The van der Waals surface area contributed by atoms with E-state index in [0.717, 1.165) is 28.9 Å². The van der Waals surface area contributed by atoms with Gasteiger partial charge in [-0.05, 0) is 72.9 Å². The van der Waals surface area contributed by atoms with Crippen LogP contribution in [0.15, 0.2) is 47.4 Å². The van der Waals surface area contributed by atoms with Crippen LogP contribution < -0.4 is 29.0 Å². The van der Waals surface area contributed by atoms with Gasteiger partial charge in [0.05, 0.1) is 69.5 Å². The van der Waals surface area contributed by atoms with Gasteiger partial charge in [0, 0.05) is 10.6 Å². The first-order chi connectivity index (χ1) is 22.2. The lowest BCUT2D eigenvalue weighted by molar-refractivity contribution is -0.0379. The lowest BCUT2D eigenvalue weighted by atomic mass is 10.0. The normalized spacial score (nSPS) is 15.7. The summed E-state index contributed by atoms with van der Waals surface area (Å²) in [6, 6.07) is 12.2. The number of nitrogens with one attached hydrogen (secondary N) is 1. The summed E-state index contributed by atoms with van der Waals surface area (Å²) in [4.78, 5) is 13.9. The molecule has 0 aromatic heterocycles. The van der Waals surface area contributed by atoms with Crippen molar-refractivity contribution >= 4 is 46.7 Å². The van der Waals surface area contributed by atoms with Gasteiger partial charge in [-0.15, -0.1) is 11.8 Å². The fourth-order valence-corrected chi connectivity index (χ4v) is 6.21. The van der Waals surface area contributed by atoms with Crippen LogP contribution >= 0.6 is 35.0 Å². The number of carbonyl (C=O) groups excluding carboxylic acids is 1. The Morgan fingerprint density at radius 2 is 1.52 bits per heavy atom. The predicted octanol–water partition coefficient (Wildman–Crippen LogP) is 8.81. The third kappa shape index (κ3) is 8.77. The first-order valence-corrected chi connectivity index (χ1v) is 16.6. The van der Waals surface area contributed by atoms with Crippen molar-refractivity contribution < 1.29 is 38.4 Å². The zero-order valence-electron chi connectivity index (χ0n) is 26.6. The highest BCUT2D eigenvalue weighted by Gasteiger charge is 2.31. The Bertz CT molecular complexity index is 1470. The van der Waals surface area contributed by atoms with Crippen LogP contribution in [0.4, 0.5) is 10.5 Å². The number of methoxy groups -OCH3 is 4. The van der Waals surface area contributed by atoms with E-state index >= 15 is 0 Å². The number of nitrogens with zero attached hydrogens (tertiary/aromatic N) is 1. The largest absolute Gasteiger partial charge is 0.493 e. The summed E-state index contributed by atoms with van der Waals surface area (Å²) < 4.78 is 35.0. The molecule has 10 nitrogen and oxygen atoms in total. The first-order valence-electron chi connectivity index (χ1n) is 14.9. The molecule has 0 spiro atoms. The summed E-state index contributed by atoms with van der Waals surface area (Å²) >= 11 is 13.7. The molecule has 0 unspecified atom stereocenters. The molecule has 2 N–H and O–H groups in total. The zero-order valence-corrected chi connectivity index (χ0v) is 28.9. The monoisotopic (exact) mass is 694 g/mol. The molecule has 1 heterocycles. The number of hydrogen-bond acceptors (Lipinski definition) is 9. The molecule has 3 aromatic rings. The zero-order chi connectivity index (χ0) is 33.2. The van der Waals surface area contributed by atoms with Gasteiger partial charge in [-0.1, -0.05) is 36.5 Å². The molecule has 0 aliphatic carbocycles. The Morgan fingerprint density at radius 3 is 2.09 bits per heavy atom. The van der Waals surface area contributed by atoms with Gasteiger partial charge >= 0.3 is 6.03 Å². The van der Waals surface area contributed by atoms with Gasteiger partial charge in [0.15, 0.2) is 23.0 Å². The lowest BCUT2D eigenvalue weighted by Crippen LogP contribution is -2.33. The fourth-order valence-electron chi connectivity index (χ4n) is 5.08. The molecule has 0 radical (unpaired) electrons. The van der Waals surface area contributed by atoms with Gasteiger partial charge in [-0.25, -0.2) is 9.86 Å². The van der Waals surface area contributed by atoms with E-state index in [1.54, 1.807) is 51.3 Å². The van der Waals surface area contributed by atoms with Crippen LogP contribution in [0, 0.1) is 0 Å². The molecule has 1 saturated heterocycles. The number of thioether (sulfide) groups is 1. The van der Waals surface area contributed by atoms with Gasteiger partial charge in [-0.2, -0.15) is 0 Å². The number of unbranched alkanes of at least 4 members (excludes halogenated alkanes) is 1. The maximum Gasteiger partial charge on any atom is 0.345 e. The van der Waals surface area contributed by atoms with Crippen LogP contribution in [0.3, 0.4) is 0 Å². The number of halogens is 2. The molecule has 3 aromatic carbocycles. The molecule has 1 aliphatic rings. The molecule has 4 rings (SSSR count). The highest BCUT2D eigenvalue weighted by atomic mass is 35.5. The number of anilines is 1. The smallest absolute Gasteiger partial charge is 0.345 e. The number of amides is 2. The van der Waals surface area contributed by atoms with E-state index in [9.17, 15) is 10.0 Å². The predicted molar refractivity (Wildman–Crippen MR) is 180 cm³/mol. The van der Waals surface area contributed by atoms with E-state index in [4.69, 9.17) is 51.6 Å². The summed E-state index contributed by atoms with van der Waals surface area (Å²) in [5, 5.41) is 14.8. The molecule has 250 valence electrons. The van der Waals surface area contributed by atoms with Crippen molar-refractivity contribution in [3.8, 4) is 28.7 Å². The van der Waals surface area contributed by atoms with Crippen molar-refractivity contribution in [1.82, 2.24) is 5.06 Å². The van der Waals surface area contributed by atoms with Gasteiger partial charge in [0.1, 0.15) is 0 Å². The van der Waals surface area contributed by atoms with Crippen LogP contribution in [0.5, 0.6) is 28.7 Å². The molecule has 0 bridgehead atoms.